The number of aromatic nitrogens is 2. The van der Waals surface area contributed by atoms with Crippen molar-refractivity contribution in [3.8, 4) is 33.4 Å². The molecule has 5 heteroatoms. The summed E-state index contributed by atoms with van der Waals surface area (Å²) in [5.41, 5.74) is 11.6. The Hall–Kier alpha value is -6.94. The van der Waals surface area contributed by atoms with Gasteiger partial charge in [0, 0.05) is 34.3 Å². The summed E-state index contributed by atoms with van der Waals surface area (Å²) in [6.45, 7) is 0. The third kappa shape index (κ3) is 5.54. The van der Waals surface area contributed by atoms with E-state index in [4.69, 9.17) is 9.66 Å². The third-order valence-electron chi connectivity index (χ3n) is 9.13. The zero-order valence-electron chi connectivity index (χ0n) is 27.0. The van der Waals surface area contributed by atoms with Gasteiger partial charge in [-0.25, -0.2) is 9.98 Å². The fourth-order valence-corrected chi connectivity index (χ4v) is 6.54. The molecule has 0 saturated carbocycles. The average molecular weight is 641 g/mol. The number of benzene rings is 6. The summed E-state index contributed by atoms with van der Waals surface area (Å²) < 4.78 is 5.08. The molecular weight excluding hydrogens is 611 g/mol. The Morgan fingerprint density at radius 2 is 0.860 bits per heavy atom. The summed E-state index contributed by atoms with van der Waals surface area (Å²) in [6.07, 6.45) is 3.69. The average Bonchev–Trinajstić information content (AvgIpc) is 3.21. The van der Waals surface area contributed by atoms with Gasteiger partial charge in [0.25, 0.3) is 5.84 Å². The van der Waals surface area contributed by atoms with Crippen LogP contribution in [0.25, 0.3) is 55.2 Å². The number of aliphatic imine (C=N–C) groups is 1. The van der Waals surface area contributed by atoms with E-state index in [9.17, 15) is 0 Å². The van der Waals surface area contributed by atoms with Gasteiger partial charge in [-0.2, -0.15) is 0 Å². The van der Waals surface area contributed by atoms with Gasteiger partial charge >= 0.3 is 11.7 Å². The maximum Gasteiger partial charge on any atom is 0.360 e. The fourth-order valence-electron chi connectivity index (χ4n) is 6.54. The van der Waals surface area contributed by atoms with Crippen LogP contribution in [0.15, 0.2) is 181 Å². The van der Waals surface area contributed by atoms with Crippen molar-refractivity contribution >= 4 is 39.3 Å². The molecule has 8 aromatic rings. The number of pyridine rings is 2. The van der Waals surface area contributed by atoms with Crippen LogP contribution in [-0.2, 0) is 0 Å². The molecule has 1 aliphatic rings. The molecule has 0 amide bonds. The van der Waals surface area contributed by atoms with E-state index in [1.807, 2.05) is 30.6 Å². The van der Waals surface area contributed by atoms with Gasteiger partial charge in [0.05, 0.1) is 27.7 Å². The van der Waals surface area contributed by atoms with Crippen LogP contribution in [-0.4, -0.2) is 27.5 Å². The predicted molar refractivity (Wildman–Crippen MR) is 206 cm³/mol. The van der Waals surface area contributed by atoms with Crippen LogP contribution in [0.2, 0.25) is 0 Å². The summed E-state index contributed by atoms with van der Waals surface area (Å²) in [4.78, 5) is 14.4. The number of para-hydroxylation sites is 2. The second-order valence-electron chi connectivity index (χ2n) is 12.2. The van der Waals surface area contributed by atoms with Gasteiger partial charge in [-0.1, -0.05) is 120 Å². The summed E-state index contributed by atoms with van der Waals surface area (Å²) in [6, 6.07) is 56.5. The molecule has 0 atom stereocenters. The van der Waals surface area contributed by atoms with Gasteiger partial charge in [0.2, 0.25) is 0 Å². The molecular formula is C45H30N5+. The Labute approximate surface area is 289 Å². The van der Waals surface area contributed by atoms with E-state index in [0.717, 1.165) is 78.0 Å². The van der Waals surface area contributed by atoms with Crippen LogP contribution in [0.4, 0.5) is 0 Å². The second-order valence-corrected chi connectivity index (χ2v) is 12.2. The number of rotatable bonds is 6. The normalized spacial score (nSPS) is 12.6. The van der Waals surface area contributed by atoms with E-state index in [1.165, 1.54) is 5.56 Å². The van der Waals surface area contributed by atoms with Gasteiger partial charge < -0.3 is 0 Å². The Morgan fingerprint density at radius 1 is 0.380 bits per heavy atom. The lowest BCUT2D eigenvalue weighted by atomic mass is 10.00. The number of nitrogens with zero attached hydrogens (tertiary/aromatic N) is 4. The molecule has 0 saturated heterocycles. The number of nitrogens with one attached hydrogen (secondary N) is 1. The van der Waals surface area contributed by atoms with Crippen LogP contribution in [0, 0.1) is 0 Å². The lowest BCUT2D eigenvalue weighted by Gasteiger charge is -2.10. The summed E-state index contributed by atoms with van der Waals surface area (Å²) >= 11 is 0. The summed E-state index contributed by atoms with van der Waals surface area (Å²) in [7, 11) is 0. The first kappa shape index (κ1) is 29.2. The smallest absolute Gasteiger partial charge is 0.256 e. The highest BCUT2D eigenvalue weighted by molar-refractivity contribution is 6.23. The number of hydrogen-bond acceptors (Lipinski definition) is 4. The molecule has 6 aromatic carbocycles. The van der Waals surface area contributed by atoms with Gasteiger partial charge in [-0.15, -0.1) is 0 Å². The van der Waals surface area contributed by atoms with Gasteiger partial charge in [0.15, 0.2) is 0 Å². The minimum absolute atomic E-state index is 0.644. The SMILES string of the molecule is c1ccc(-c2ccc(C3=NC(c4ccc(-c5cccc6cccnc56)cc4)=[N+]=C(c4ccc(-c5cccc6cccnc56)cc4)N3)cc2)cc1. The van der Waals surface area contributed by atoms with Crippen LogP contribution in [0.5, 0.6) is 0 Å². The molecule has 50 heavy (non-hydrogen) atoms. The highest BCUT2D eigenvalue weighted by Gasteiger charge is 2.26. The van der Waals surface area contributed by atoms with E-state index in [2.05, 4.69) is 161 Å². The monoisotopic (exact) mass is 640 g/mol. The molecule has 0 aliphatic carbocycles. The Morgan fingerprint density at radius 3 is 1.46 bits per heavy atom. The van der Waals surface area contributed by atoms with Crippen molar-refractivity contribution in [3.05, 3.63) is 193 Å². The number of fused-ring (bicyclic) bond motifs is 2. The molecule has 5 nitrogen and oxygen atoms in total. The Kier molecular flexibility index (Phi) is 7.35. The third-order valence-corrected chi connectivity index (χ3v) is 9.13. The maximum absolute atomic E-state index is 5.08. The molecule has 0 fully saturated rings. The van der Waals surface area contributed by atoms with E-state index in [0.29, 0.717) is 5.84 Å². The van der Waals surface area contributed by atoms with E-state index in [-0.39, 0.29) is 0 Å². The van der Waals surface area contributed by atoms with Crippen LogP contribution in [0.1, 0.15) is 16.7 Å². The molecule has 1 N–H and O–H groups in total. The van der Waals surface area contributed by atoms with Crippen molar-refractivity contribution in [2.45, 2.75) is 0 Å². The van der Waals surface area contributed by atoms with Gasteiger partial charge in [-0.3, -0.25) is 9.97 Å². The molecule has 0 bridgehead atoms. The molecule has 1 aliphatic heterocycles. The minimum Gasteiger partial charge on any atom is -0.256 e. The first-order valence-corrected chi connectivity index (χ1v) is 16.6. The summed E-state index contributed by atoms with van der Waals surface area (Å²) in [5.74, 6) is 2.13. The zero-order valence-corrected chi connectivity index (χ0v) is 27.0. The molecule has 9 rings (SSSR count). The molecule has 3 heterocycles. The topological polar surface area (TPSA) is 64.3 Å². The molecule has 0 radical (unpaired) electrons. The lowest BCUT2D eigenvalue weighted by Crippen LogP contribution is -2.38. The first-order valence-electron chi connectivity index (χ1n) is 16.6. The summed E-state index contributed by atoms with van der Waals surface area (Å²) in [5, 5.41) is 5.79. The Balaban J connectivity index is 1.11. The van der Waals surface area contributed by atoms with Gasteiger partial charge in [0.1, 0.15) is 0 Å². The van der Waals surface area contributed by atoms with Crippen molar-refractivity contribution in [3.63, 3.8) is 0 Å². The molecule has 234 valence electrons. The van der Waals surface area contributed by atoms with E-state index in [1.54, 1.807) is 0 Å². The van der Waals surface area contributed by atoms with Gasteiger partial charge in [-0.05, 0) is 70.8 Å². The van der Waals surface area contributed by atoms with Crippen molar-refractivity contribution in [2.75, 3.05) is 0 Å². The highest BCUT2D eigenvalue weighted by atomic mass is 15.1. The van der Waals surface area contributed by atoms with Crippen LogP contribution in [0.3, 0.4) is 0 Å². The largest absolute Gasteiger partial charge is 0.360 e. The lowest BCUT2D eigenvalue weighted by molar-refractivity contribution is 1.25. The van der Waals surface area contributed by atoms with Crippen LogP contribution >= 0.6 is 0 Å². The van der Waals surface area contributed by atoms with Crippen molar-refractivity contribution < 1.29 is 0 Å². The highest BCUT2D eigenvalue weighted by Crippen LogP contribution is 2.29. The molecule has 0 unspecified atom stereocenters. The number of amidine groups is 3. The van der Waals surface area contributed by atoms with Crippen molar-refractivity contribution in [1.82, 2.24) is 20.0 Å². The van der Waals surface area contributed by atoms with Crippen molar-refractivity contribution in [1.29, 1.82) is 0 Å². The minimum atomic E-state index is 0.644. The second kappa shape index (κ2) is 12.6. The molecule has 2 aromatic heterocycles. The zero-order chi connectivity index (χ0) is 33.3. The van der Waals surface area contributed by atoms with E-state index >= 15 is 0 Å². The first-order chi connectivity index (χ1) is 24.8. The van der Waals surface area contributed by atoms with E-state index < -0.39 is 0 Å². The standard InChI is InChI=1S/C45H29N5/c1-2-8-30(9-3-1)31-16-22-36(23-17-31)43-48-44(37-24-18-32(19-25-37)39-14-4-10-34-12-6-28-46-41(34)39)50-45(49-43)38-26-20-33(21-27-38)40-15-5-11-35-13-7-29-47-42(35)40/h1-29H/p+1. The van der Waals surface area contributed by atoms with Crippen LogP contribution < -0.4 is 9.98 Å². The van der Waals surface area contributed by atoms with Crippen molar-refractivity contribution in [2.24, 2.45) is 4.99 Å². The quantitative estimate of drug-likeness (QED) is 0.185. The maximum atomic E-state index is 5.08. The fraction of sp³-hybridized carbons (Fsp3) is 0. The number of hydrogen-bond donors (Lipinski definition) is 1. The Bertz CT molecular complexity index is 2610. The predicted octanol–water partition coefficient (Wildman–Crippen LogP) is 9.09. The molecule has 0 spiro atoms.